The van der Waals surface area contributed by atoms with Crippen molar-refractivity contribution in [3.8, 4) is 5.75 Å². The van der Waals surface area contributed by atoms with Crippen LogP contribution in [0.25, 0.3) is 0 Å². The fourth-order valence-corrected chi connectivity index (χ4v) is 3.60. The van der Waals surface area contributed by atoms with E-state index < -0.39 is 10.0 Å². The van der Waals surface area contributed by atoms with Gasteiger partial charge in [-0.3, -0.25) is 0 Å². The molecule has 0 aliphatic heterocycles. The van der Waals surface area contributed by atoms with Gasteiger partial charge in [-0.05, 0) is 61.7 Å². The van der Waals surface area contributed by atoms with Crippen molar-refractivity contribution in [2.75, 3.05) is 11.9 Å². The van der Waals surface area contributed by atoms with Crippen LogP contribution in [-0.4, -0.2) is 27.0 Å². The second-order valence-electron chi connectivity index (χ2n) is 7.41. The van der Waals surface area contributed by atoms with Crippen molar-refractivity contribution in [1.29, 1.82) is 0 Å². The quantitative estimate of drug-likeness (QED) is 0.428. The predicted molar refractivity (Wildman–Crippen MR) is 118 cm³/mol. The molecule has 29 heavy (non-hydrogen) atoms. The van der Waals surface area contributed by atoms with Crippen LogP contribution in [0.4, 0.5) is 5.69 Å². The average molecular weight is 419 g/mol. The number of nitrogens with one attached hydrogen (secondary N) is 2. The van der Waals surface area contributed by atoms with E-state index >= 15 is 0 Å². The molecule has 0 saturated carbocycles. The smallest absolute Gasteiger partial charge is 0.240 e. The summed E-state index contributed by atoms with van der Waals surface area (Å²) in [4.78, 5) is 4.54. The van der Waals surface area contributed by atoms with Gasteiger partial charge in [-0.15, -0.1) is 0 Å². The fourth-order valence-electron chi connectivity index (χ4n) is 2.39. The van der Waals surface area contributed by atoms with E-state index in [0.717, 1.165) is 17.0 Å². The molecule has 2 aromatic rings. The van der Waals surface area contributed by atoms with Crippen LogP contribution in [0.5, 0.6) is 5.75 Å². The lowest BCUT2D eigenvalue weighted by atomic mass is 10.2. The van der Waals surface area contributed by atoms with Crippen LogP contribution in [0.3, 0.4) is 0 Å². The molecule has 0 heterocycles. The number of guanidine groups is 1. The third-order valence-corrected chi connectivity index (χ3v) is 5.29. The van der Waals surface area contributed by atoms with Gasteiger partial charge in [-0.1, -0.05) is 26.0 Å². The van der Waals surface area contributed by atoms with Gasteiger partial charge in [-0.2, -0.15) is 0 Å². The second kappa shape index (κ2) is 10.3. The second-order valence-corrected chi connectivity index (χ2v) is 9.17. The monoisotopic (exact) mass is 418 g/mol. The van der Waals surface area contributed by atoms with Gasteiger partial charge in [0.05, 0.1) is 17.5 Å². The molecule has 0 aromatic heterocycles. The number of hydrogen-bond acceptors (Lipinski definition) is 4. The number of ether oxygens (including phenoxy) is 1. The van der Waals surface area contributed by atoms with E-state index in [2.05, 4.69) is 15.0 Å². The van der Waals surface area contributed by atoms with Crippen LogP contribution < -0.4 is 20.5 Å². The van der Waals surface area contributed by atoms with Crippen LogP contribution >= 0.6 is 0 Å². The number of anilines is 1. The van der Waals surface area contributed by atoms with Crippen molar-refractivity contribution >= 4 is 21.7 Å². The number of hydrogen-bond donors (Lipinski definition) is 3. The minimum absolute atomic E-state index is 0.118. The first-order valence-electron chi connectivity index (χ1n) is 9.58. The third kappa shape index (κ3) is 7.75. The minimum atomic E-state index is -3.49. The molecule has 0 fully saturated rings. The summed E-state index contributed by atoms with van der Waals surface area (Å²) in [5.41, 5.74) is 7.61. The Balaban J connectivity index is 1.93. The molecule has 0 bridgehead atoms. The molecule has 0 radical (unpaired) electrons. The normalized spacial score (nSPS) is 12.4. The molecule has 0 amide bonds. The highest BCUT2D eigenvalue weighted by atomic mass is 32.2. The standard InChI is InChI=1S/C21H30N4O3S/c1-15(2)13-24-29(26,27)20-11-5-17(6-12-20)14-23-21(22)25-18-7-9-19(10-8-18)28-16(3)4/h5-12,15-16,24H,13-14H2,1-4H3,(H3,22,23,25). The fraction of sp³-hybridized carbons (Fsp3) is 0.381. The Morgan fingerprint density at radius 3 is 2.21 bits per heavy atom. The van der Waals surface area contributed by atoms with Crippen molar-refractivity contribution in [3.05, 3.63) is 54.1 Å². The van der Waals surface area contributed by atoms with Gasteiger partial charge in [-0.25, -0.2) is 18.1 Å². The Kier molecular flexibility index (Phi) is 8.04. The number of sulfonamides is 1. The van der Waals surface area contributed by atoms with Crippen molar-refractivity contribution in [2.45, 2.75) is 45.2 Å². The summed E-state index contributed by atoms with van der Waals surface area (Å²) in [6.45, 7) is 8.60. The van der Waals surface area contributed by atoms with E-state index in [1.165, 1.54) is 0 Å². The average Bonchev–Trinajstić information content (AvgIpc) is 2.66. The summed E-state index contributed by atoms with van der Waals surface area (Å²) in [6.07, 6.45) is 0.118. The van der Waals surface area contributed by atoms with Gasteiger partial charge in [0.1, 0.15) is 5.75 Å². The molecule has 0 atom stereocenters. The molecule has 158 valence electrons. The summed E-state index contributed by atoms with van der Waals surface area (Å²) >= 11 is 0. The highest BCUT2D eigenvalue weighted by molar-refractivity contribution is 7.89. The highest BCUT2D eigenvalue weighted by Crippen LogP contribution is 2.17. The van der Waals surface area contributed by atoms with E-state index in [1.54, 1.807) is 24.3 Å². The molecule has 0 spiro atoms. The van der Waals surface area contributed by atoms with E-state index in [1.807, 2.05) is 52.0 Å². The summed E-state index contributed by atoms with van der Waals surface area (Å²) in [7, 11) is -3.49. The Morgan fingerprint density at radius 2 is 1.66 bits per heavy atom. The SMILES string of the molecule is CC(C)CNS(=O)(=O)c1ccc(CN=C(N)Nc2ccc(OC(C)C)cc2)cc1. The number of benzene rings is 2. The van der Waals surface area contributed by atoms with Gasteiger partial charge in [0.25, 0.3) is 0 Å². The number of aliphatic imine (C=N–C) groups is 1. The maximum absolute atomic E-state index is 12.2. The van der Waals surface area contributed by atoms with Crippen LogP contribution in [0.1, 0.15) is 33.3 Å². The predicted octanol–water partition coefficient (Wildman–Crippen LogP) is 3.33. The maximum atomic E-state index is 12.2. The van der Waals surface area contributed by atoms with E-state index in [9.17, 15) is 8.42 Å². The van der Waals surface area contributed by atoms with Crippen molar-refractivity contribution in [2.24, 2.45) is 16.6 Å². The molecule has 0 saturated heterocycles. The zero-order chi connectivity index (χ0) is 21.4. The van der Waals surface area contributed by atoms with Gasteiger partial charge >= 0.3 is 0 Å². The lowest BCUT2D eigenvalue weighted by Crippen LogP contribution is -2.27. The molecule has 2 rings (SSSR count). The topological polar surface area (TPSA) is 106 Å². The summed E-state index contributed by atoms with van der Waals surface area (Å²) in [5.74, 6) is 1.31. The van der Waals surface area contributed by atoms with Gasteiger partial charge in [0.2, 0.25) is 10.0 Å². The van der Waals surface area contributed by atoms with Crippen molar-refractivity contribution < 1.29 is 13.2 Å². The Hall–Kier alpha value is -2.58. The zero-order valence-electron chi connectivity index (χ0n) is 17.3. The van der Waals surface area contributed by atoms with E-state index in [4.69, 9.17) is 10.5 Å². The molecule has 7 nitrogen and oxygen atoms in total. The van der Waals surface area contributed by atoms with Crippen molar-refractivity contribution in [3.63, 3.8) is 0 Å². The van der Waals surface area contributed by atoms with Crippen LogP contribution in [0.15, 0.2) is 58.4 Å². The van der Waals surface area contributed by atoms with Gasteiger partial charge < -0.3 is 15.8 Å². The Labute approximate surface area is 173 Å². The molecule has 8 heteroatoms. The first kappa shape index (κ1) is 22.7. The number of nitrogens with two attached hydrogens (primary N) is 1. The lowest BCUT2D eigenvalue weighted by Gasteiger charge is -2.11. The Morgan fingerprint density at radius 1 is 1.03 bits per heavy atom. The molecule has 0 aliphatic rings. The molecule has 4 N–H and O–H groups in total. The van der Waals surface area contributed by atoms with Gasteiger partial charge in [0, 0.05) is 12.2 Å². The largest absolute Gasteiger partial charge is 0.491 e. The number of rotatable bonds is 9. The first-order valence-corrected chi connectivity index (χ1v) is 11.1. The number of nitrogens with zero attached hydrogens (tertiary/aromatic N) is 1. The maximum Gasteiger partial charge on any atom is 0.240 e. The summed E-state index contributed by atoms with van der Waals surface area (Å²) in [6, 6.07) is 14.1. The lowest BCUT2D eigenvalue weighted by molar-refractivity contribution is 0.242. The molecule has 2 aromatic carbocycles. The van der Waals surface area contributed by atoms with Gasteiger partial charge in [0.15, 0.2) is 5.96 Å². The van der Waals surface area contributed by atoms with Crippen LogP contribution in [0.2, 0.25) is 0 Å². The molecule has 0 aliphatic carbocycles. The highest BCUT2D eigenvalue weighted by Gasteiger charge is 2.13. The zero-order valence-corrected chi connectivity index (χ0v) is 18.2. The Bertz CT molecular complexity index is 906. The van der Waals surface area contributed by atoms with E-state index in [0.29, 0.717) is 13.1 Å². The molecule has 0 unspecified atom stereocenters. The first-order chi connectivity index (χ1) is 13.7. The minimum Gasteiger partial charge on any atom is -0.491 e. The summed E-state index contributed by atoms with van der Waals surface area (Å²) < 4.78 is 32.6. The van der Waals surface area contributed by atoms with Crippen LogP contribution in [0, 0.1) is 5.92 Å². The third-order valence-electron chi connectivity index (χ3n) is 3.85. The molecular weight excluding hydrogens is 388 g/mol. The summed E-state index contributed by atoms with van der Waals surface area (Å²) in [5, 5.41) is 3.02. The van der Waals surface area contributed by atoms with Crippen LogP contribution in [-0.2, 0) is 16.6 Å². The molecular formula is C21H30N4O3S. The van der Waals surface area contributed by atoms with E-state index in [-0.39, 0.29) is 22.9 Å². The van der Waals surface area contributed by atoms with Crippen molar-refractivity contribution in [1.82, 2.24) is 4.72 Å².